The highest BCUT2D eigenvalue weighted by molar-refractivity contribution is 9.09. The summed E-state index contributed by atoms with van der Waals surface area (Å²) in [6.07, 6.45) is 5.79. The number of carbonyl (C=O) groups excluding carboxylic acids is 1. The molecule has 1 unspecified atom stereocenters. The Morgan fingerprint density at radius 2 is 2.41 bits per heavy atom. The van der Waals surface area contributed by atoms with Crippen LogP contribution in [0.1, 0.15) is 36.0 Å². The number of likely N-dealkylation sites (tertiary alicyclic amines) is 1. The molecule has 3 nitrogen and oxygen atoms in total. The number of piperidine rings is 1. The second-order valence-electron chi connectivity index (χ2n) is 4.23. The Kier molecular flexibility index (Phi) is 4.51. The fraction of sp³-hybridized carbons (Fsp3) is 0.583. The van der Waals surface area contributed by atoms with Gasteiger partial charge in [-0.2, -0.15) is 0 Å². The van der Waals surface area contributed by atoms with E-state index in [1.54, 1.807) is 6.07 Å². The van der Waals surface area contributed by atoms with Crippen LogP contribution in [0.2, 0.25) is 5.22 Å². The lowest BCUT2D eigenvalue weighted by atomic mass is 9.99. The van der Waals surface area contributed by atoms with Crippen molar-refractivity contribution in [2.24, 2.45) is 0 Å². The quantitative estimate of drug-likeness (QED) is 0.795. The zero-order valence-electron chi connectivity index (χ0n) is 9.49. The Morgan fingerprint density at radius 3 is 3.06 bits per heavy atom. The lowest BCUT2D eigenvalue weighted by molar-refractivity contribution is 0.0609. The second-order valence-corrected chi connectivity index (χ2v) is 5.37. The monoisotopic (exact) mass is 319 g/mol. The topological polar surface area (TPSA) is 33.5 Å². The summed E-state index contributed by atoms with van der Waals surface area (Å²) < 4.78 is 4.98. The molecular formula is C12H15BrClNO2. The number of furan rings is 1. The maximum atomic E-state index is 12.3. The van der Waals surface area contributed by atoms with Crippen molar-refractivity contribution in [2.75, 3.05) is 11.9 Å². The van der Waals surface area contributed by atoms with Crippen LogP contribution in [0.3, 0.4) is 0 Å². The van der Waals surface area contributed by atoms with E-state index in [-0.39, 0.29) is 11.1 Å². The van der Waals surface area contributed by atoms with Gasteiger partial charge in [-0.05, 0) is 43.4 Å². The average Bonchev–Trinajstić information content (AvgIpc) is 2.76. The van der Waals surface area contributed by atoms with Gasteiger partial charge in [0.2, 0.25) is 5.22 Å². The third-order valence-corrected chi connectivity index (χ3v) is 3.93. The SMILES string of the molecule is O=C(c1ccoc1Cl)N1CCCCC1CCBr. The Bertz CT molecular complexity index is 392. The van der Waals surface area contributed by atoms with Crippen molar-refractivity contribution >= 4 is 33.4 Å². The van der Waals surface area contributed by atoms with E-state index >= 15 is 0 Å². The van der Waals surface area contributed by atoms with Crippen LogP contribution >= 0.6 is 27.5 Å². The summed E-state index contributed by atoms with van der Waals surface area (Å²) >= 11 is 9.30. The molecule has 2 heterocycles. The summed E-state index contributed by atoms with van der Waals surface area (Å²) in [6.45, 7) is 0.817. The molecule has 5 heteroatoms. The first-order valence-corrected chi connectivity index (χ1v) is 7.34. The number of hydrogen-bond donors (Lipinski definition) is 0. The molecule has 1 fully saturated rings. The number of nitrogens with zero attached hydrogens (tertiary/aromatic N) is 1. The van der Waals surface area contributed by atoms with Gasteiger partial charge in [-0.1, -0.05) is 15.9 Å². The molecule has 0 bridgehead atoms. The van der Waals surface area contributed by atoms with Crippen LogP contribution in [0, 0.1) is 0 Å². The van der Waals surface area contributed by atoms with Gasteiger partial charge in [-0.15, -0.1) is 0 Å². The van der Waals surface area contributed by atoms with Gasteiger partial charge in [0.1, 0.15) is 0 Å². The fourth-order valence-electron chi connectivity index (χ4n) is 2.29. The highest BCUT2D eigenvalue weighted by Gasteiger charge is 2.28. The Labute approximate surface area is 114 Å². The van der Waals surface area contributed by atoms with Gasteiger partial charge >= 0.3 is 0 Å². The molecule has 0 radical (unpaired) electrons. The molecule has 1 aromatic heterocycles. The Morgan fingerprint density at radius 1 is 1.59 bits per heavy atom. The largest absolute Gasteiger partial charge is 0.452 e. The standard InChI is InChI=1S/C12H15BrClNO2/c13-6-4-9-3-1-2-7-15(9)12(16)10-5-8-17-11(10)14/h5,8-9H,1-4,6-7H2. The van der Waals surface area contributed by atoms with E-state index in [9.17, 15) is 4.79 Å². The molecule has 1 amide bonds. The maximum Gasteiger partial charge on any atom is 0.258 e. The first kappa shape index (κ1) is 13.0. The molecule has 0 N–H and O–H groups in total. The third-order valence-electron chi connectivity index (χ3n) is 3.18. The number of amides is 1. The van der Waals surface area contributed by atoms with Gasteiger partial charge < -0.3 is 9.32 Å². The van der Waals surface area contributed by atoms with Crippen molar-refractivity contribution < 1.29 is 9.21 Å². The molecule has 0 aromatic carbocycles. The summed E-state index contributed by atoms with van der Waals surface area (Å²) in [6, 6.07) is 1.96. The van der Waals surface area contributed by atoms with Crippen molar-refractivity contribution in [3.05, 3.63) is 23.1 Å². The first-order valence-electron chi connectivity index (χ1n) is 5.84. The van der Waals surface area contributed by atoms with Crippen LogP contribution in [0.25, 0.3) is 0 Å². The number of rotatable bonds is 3. The summed E-state index contributed by atoms with van der Waals surface area (Å²) in [4.78, 5) is 14.3. The maximum absolute atomic E-state index is 12.3. The van der Waals surface area contributed by atoms with Gasteiger partial charge in [0.15, 0.2) is 0 Å². The predicted molar refractivity (Wildman–Crippen MR) is 70.8 cm³/mol. The number of carbonyl (C=O) groups is 1. The van der Waals surface area contributed by atoms with E-state index in [0.717, 1.165) is 31.1 Å². The fourth-order valence-corrected chi connectivity index (χ4v) is 3.02. The summed E-state index contributed by atoms with van der Waals surface area (Å²) in [5.74, 6) is -0.00519. The van der Waals surface area contributed by atoms with Crippen LogP contribution in [0.5, 0.6) is 0 Å². The molecular weight excluding hydrogens is 305 g/mol. The summed E-state index contributed by atoms with van der Waals surface area (Å²) in [5.41, 5.74) is 0.480. The molecule has 0 saturated carbocycles. The van der Waals surface area contributed by atoms with E-state index < -0.39 is 0 Å². The van der Waals surface area contributed by atoms with Gasteiger partial charge in [0.05, 0.1) is 11.8 Å². The molecule has 1 saturated heterocycles. The highest BCUT2D eigenvalue weighted by atomic mass is 79.9. The Balaban J connectivity index is 2.14. The van der Waals surface area contributed by atoms with Gasteiger partial charge in [-0.25, -0.2) is 0 Å². The molecule has 2 rings (SSSR count). The van der Waals surface area contributed by atoms with E-state index in [2.05, 4.69) is 15.9 Å². The normalized spacial score (nSPS) is 20.6. The van der Waals surface area contributed by atoms with E-state index in [1.165, 1.54) is 12.7 Å². The molecule has 0 aliphatic carbocycles. The molecule has 1 aromatic rings. The molecule has 94 valence electrons. The zero-order valence-corrected chi connectivity index (χ0v) is 11.8. The minimum atomic E-state index is -0.00519. The molecule has 1 atom stereocenters. The predicted octanol–water partition coefficient (Wildman–Crippen LogP) is 3.71. The van der Waals surface area contributed by atoms with Crippen LogP contribution in [-0.2, 0) is 0 Å². The first-order chi connectivity index (χ1) is 8.24. The molecule has 1 aliphatic rings. The highest BCUT2D eigenvalue weighted by Crippen LogP contribution is 2.25. The second kappa shape index (κ2) is 5.91. The third kappa shape index (κ3) is 2.86. The lowest BCUT2D eigenvalue weighted by Gasteiger charge is -2.35. The molecule has 1 aliphatic heterocycles. The van der Waals surface area contributed by atoms with Crippen LogP contribution in [0.15, 0.2) is 16.7 Å². The van der Waals surface area contributed by atoms with Crippen molar-refractivity contribution in [3.63, 3.8) is 0 Å². The number of hydrogen-bond acceptors (Lipinski definition) is 2. The van der Waals surface area contributed by atoms with Crippen LogP contribution < -0.4 is 0 Å². The average molecular weight is 321 g/mol. The smallest absolute Gasteiger partial charge is 0.258 e. The van der Waals surface area contributed by atoms with Crippen molar-refractivity contribution in [1.29, 1.82) is 0 Å². The molecule has 17 heavy (non-hydrogen) atoms. The van der Waals surface area contributed by atoms with Crippen molar-refractivity contribution in [1.82, 2.24) is 4.90 Å². The van der Waals surface area contributed by atoms with Crippen LogP contribution in [-0.4, -0.2) is 28.7 Å². The lowest BCUT2D eigenvalue weighted by Crippen LogP contribution is -2.43. The van der Waals surface area contributed by atoms with Gasteiger partial charge in [0, 0.05) is 17.9 Å². The van der Waals surface area contributed by atoms with Gasteiger partial charge in [0.25, 0.3) is 5.91 Å². The van der Waals surface area contributed by atoms with Crippen LogP contribution in [0.4, 0.5) is 0 Å². The Hall–Kier alpha value is -0.480. The van der Waals surface area contributed by atoms with E-state index in [1.807, 2.05) is 4.90 Å². The van der Waals surface area contributed by atoms with Gasteiger partial charge in [-0.3, -0.25) is 4.79 Å². The number of alkyl halides is 1. The molecule has 0 spiro atoms. The minimum Gasteiger partial charge on any atom is -0.452 e. The number of halogens is 2. The minimum absolute atomic E-state index is 0.00519. The van der Waals surface area contributed by atoms with E-state index in [0.29, 0.717) is 11.6 Å². The zero-order chi connectivity index (χ0) is 12.3. The summed E-state index contributed by atoms with van der Waals surface area (Å²) in [5, 5.41) is 1.11. The van der Waals surface area contributed by atoms with Crippen molar-refractivity contribution in [2.45, 2.75) is 31.7 Å². The van der Waals surface area contributed by atoms with E-state index in [4.69, 9.17) is 16.0 Å². The summed E-state index contributed by atoms with van der Waals surface area (Å²) in [7, 11) is 0. The van der Waals surface area contributed by atoms with Crippen molar-refractivity contribution in [3.8, 4) is 0 Å².